The first-order valence-corrected chi connectivity index (χ1v) is 10.7. The van der Waals surface area contributed by atoms with Crippen LogP contribution in [0.5, 0.6) is 0 Å². The number of Topliss-reactive ketones (excluding diaryl/α,β-unsaturated/α-hetero) is 1. The molecule has 0 amide bonds. The maximum atomic E-state index is 14.0. The highest BCUT2D eigenvalue weighted by Gasteiger charge is 2.46. The second-order valence-corrected chi connectivity index (χ2v) is 8.54. The highest BCUT2D eigenvalue weighted by molar-refractivity contribution is 6.14. The topological polar surface area (TPSA) is 42.9 Å². The Kier molecular flexibility index (Phi) is 3.70. The molecule has 3 aromatic rings. The Labute approximate surface area is 176 Å². The number of hydrogen-bond acceptors (Lipinski definition) is 3. The third-order valence-corrected chi connectivity index (χ3v) is 6.99. The molecule has 0 bridgehead atoms. The summed E-state index contributed by atoms with van der Waals surface area (Å²) in [4.78, 5) is 23.0. The molecule has 0 radical (unpaired) electrons. The Bertz CT molecular complexity index is 1280. The van der Waals surface area contributed by atoms with E-state index in [-0.39, 0.29) is 5.78 Å². The van der Waals surface area contributed by atoms with E-state index in [4.69, 9.17) is 0 Å². The van der Waals surface area contributed by atoms with Crippen molar-refractivity contribution < 1.29 is 4.79 Å². The molecule has 1 unspecified atom stereocenters. The van der Waals surface area contributed by atoms with E-state index < -0.39 is 5.41 Å². The van der Waals surface area contributed by atoms with E-state index in [1.807, 2.05) is 24.4 Å². The second-order valence-electron chi connectivity index (χ2n) is 8.54. The van der Waals surface area contributed by atoms with Gasteiger partial charge in [0, 0.05) is 29.7 Å². The molecule has 1 aromatic carbocycles. The maximum absolute atomic E-state index is 14.0. The van der Waals surface area contributed by atoms with E-state index in [9.17, 15) is 4.79 Å². The van der Waals surface area contributed by atoms with Crippen LogP contribution in [0.4, 0.5) is 0 Å². The normalized spacial score (nSPS) is 20.9. The zero-order chi connectivity index (χ0) is 20.3. The van der Waals surface area contributed by atoms with Gasteiger partial charge >= 0.3 is 0 Å². The minimum Gasteiger partial charge on any atom is -0.293 e. The number of carbonyl (C=O) groups is 1. The van der Waals surface area contributed by atoms with Gasteiger partial charge in [0.15, 0.2) is 5.78 Å². The van der Waals surface area contributed by atoms with Gasteiger partial charge in [-0.05, 0) is 90.3 Å². The number of rotatable bonds is 1. The average molecular weight is 390 g/mol. The molecule has 3 nitrogen and oxygen atoms in total. The smallest absolute Gasteiger partial charge is 0.179 e. The van der Waals surface area contributed by atoms with E-state index >= 15 is 0 Å². The van der Waals surface area contributed by atoms with Crippen LogP contribution >= 0.6 is 0 Å². The van der Waals surface area contributed by atoms with Crippen LogP contribution in [-0.2, 0) is 18.3 Å². The van der Waals surface area contributed by atoms with Crippen LogP contribution in [0.15, 0.2) is 55.0 Å². The van der Waals surface area contributed by atoms with Crippen molar-refractivity contribution >= 4 is 17.9 Å². The molecule has 0 saturated heterocycles. The van der Waals surface area contributed by atoms with E-state index in [2.05, 4.69) is 47.3 Å². The quantitative estimate of drug-likeness (QED) is 0.546. The molecular weight excluding hydrogens is 368 g/mol. The minimum atomic E-state index is -0.800. The molecule has 0 saturated carbocycles. The molecule has 0 fully saturated rings. The van der Waals surface area contributed by atoms with Gasteiger partial charge < -0.3 is 0 Å². The van der Waals surface area contributed by atoms with Crippen molar-refractivity contribution in [1.29, 1.82) is 0 Å². The zero-order valence-corrected chi connectivity index (χ0v) is 17.0. The van der Waals surface area contributed by atoms with Crippen LogP contribution in [0.3, 0.4) is 0 Å². The molecule has 30 heavy (non-hydrogen) atoms. The van der Waals surface area contributed by atoms with E-state index in [1.165, 1.54) is 22.3 Å². The van der Waals surface area contributed by atoms with Crippen molar-refractivity contribution in [1.82, 2.24) is 9.97 Å². The number of nitrogens with zero attached hydrogens (tertiary/aromatic N) is 2. The van der Waals surface area contributed by atoms with Crippen LogP contribution in [-0.4, -0.2) is 15.8 Å². The molecule has 0 spiro atoms. The predicted molar refractivity (Wildman–Crippen MR) is 119 cm³/mol. The van der Waals surface area contributed by atoms with Crippen molar-refractivity contribution in [2.24, 2.45) is 0 Å². The first-order valence-electron chi connectivity index (χ1n) is 10.7. The summed E-state index contributed by atoms with van der Waals surface area (Å²) in [6.07, 6.45) is 18.6. The standard InChI is InChI=1S/C27H22N2O/c1-27(23-15-17-7-2-3-8-18(17)19-9-4-5-10-20(19)23)24-16-28-14-12-21(24)25-22(26(27)30)11-6-13-29-25/h2,5-7,10-16H,3-4,8-9H2,1H3. The third-order valence-electron chi connectivity index (χ3n) is 6.99. The van der Waals surface area contributed by atoms with Gasteiger partial charge in [-0.1, -0.05) is 24.3 Å². The lowest BCUT2D eigenvalue weighted by Crippen LogP contribution is -2.39. The van der Waals surface area contributed by atoms with Crippen molar-refractivity contribution in [3.05, 3.63) is 94.0 Å². The van der Waals surface area contributed by atoms with Gasteiger partial charge in [-0.25, -0.2) is 0 Å². The molecule has 0 N–H and O–H groups in total. The van der Waals surface area contributed by atoms with E-state index in [1.54, 1.807) is 12.4 Å². The summed E-state index contributed by atoms with van der Waals surface area (Å²) in [7, 11) is 0. The van der Waals surface area contributed by atoms with Crippen molar-refractivity contribution in [3.8, 4) is 11.3 Å². The van der Waals surface area contributed by atoms with E-state index in [0.717, 1.165) is 48.1 Å². The van der Waals surface area contributed by atoms with Gasteiger partial charge in [-0.15, -0.1) is 0 Å². The fourth-order valence-electron chi connectivity index (χ4n) is 5.48. The average Bonchev–Trinajstić information content (AvgIpc) is 2.82. The van der Waals surface area contributed by atoms with Gasteiger partial charge in [-0.2, -0.15) is 0 Å². The molecule has 1 atom stereocenters. The summed E-state index contributed by atoms with van der Waals surface area (Å²) in [5, 5.41) is 0. The van der Waals surface area contributed by atoms with Crippen LogP contribution in [0.1, 0.15) is 63.5 Å². The van der Waals surface area contributed by atoms with E-state index in [0.29, 0.717) is 5.56 Å². The maximum Gasteiger partial charge on any atom is 0.179 e. The zero-order valence-electron chi connectivity index (χ0n) is 17.0. The van der Waals surface area contributed by atoms with Crippen LogP contribution < -0.4 is 0 Å². The monoisotopic (exact) mass is 390 g/mol. The van der Waals surface area contributed by atoms with Crippen molar-refractivity contribution in [2.75, 3.05) is 0 Å². The Morgan fingerprint density at radius 1 is 0.933 bits per heavy atom. The summed E-state index contributed by atoms with van der Waals surface area (Å²) in [5.74, 6) is 0.104. The number of hydrogen-bond donors (Lipinski definition) is 0. The summed E-state index contributed by atoms with van der Waals surface area (Å²) in [6.45, 7) is 2.07. The number of pyridine rings is 2. The van der Waals surface area contributed by atoms with Crippen molar-refractivity contribution in [3.63, 3.8) is 0 Å². The van der Waals surface area contributed by atoms with Gasteiger partial charge in [-0.3, -0.25) is 14.8 Å². The molecule has 2 heterocycles. The molecule has 6 rings (SSSR count). The fourth-order valence-corrected chi connectivity index (χ4v) is 5.48. The Balaban J connectivity index is 1.71. The summed E-state index contributed by atoms with van der Waals surface area (Å²) >= 11 is 0. The van der Waals surface area contributed by atoms with Gasteiger partial charge in [0.1, 0.15) is 0 Å². The number of benzene rings is 1. The summed E-state index contributed by atoms with van der Waals surface area (Å²) in [5.41, 5.74) is 9.08. The van der Waals surface area contributed by atoms with Gasteiger partial charge in [0.05, 0.1) is 11.1 Å². The van der Waals surface area contributed by atoms with Gasteiger partial charge in [0.25, 0.3) is 0 Å². The first kappa shape index (κ1) is 17.5. The molecule has 3 aliphatic carbocycles. The second kappa shape index (κ2) is 6.33. The molecule has 3 aliphatic rings. The number of fused-ring (bicyclic) bond motifs is 6. The number of aromatic nitrogens is 2. The summed E-state index contributed by atoms with van der Waals surface area (Å²) < 4.78 is 0. The highest BCUT2D eigenvalue weighted by Crippen LogP contribution is 2.48. The highest BCUT2D eigenvalue weighted by atomic mass is 16.1. The molecular formula is C27H22N2O. The van der Waals surface area contributed by atoms with Crippen LogP contribution in [0.25, 0.3) is 23.4 Å². The first-order chi connectivity index (χ1) is 14.7. The molecule has 2 aromatic heterocycles. The van der Waals surface area contributed by atoms with Gasteiger partial charge in [0.2, 0.25) is 0 Å². The number of allylic oxidation sites excluding steroid dienone is 2. The fraction of sp³-hybridized carbons (Fsp3) is 0.222. The van der Waals surface area contributed by atoms with Crippen molar-refractivity contribution in [2.45, 2.75) is 38.0 Å². The molecule has 3 heteroatoms. The SMILES string of the molecule is CC1(c2cc3c(c4c2C=CCC4)CCC=C3)C(=O)c2cccnc2-c2ccncc21. The summed E-state index contributed by atoms with van der Waals surface area (Å²) in [6, 6.07) is 8.02. The lowest BCUT2D eigenvalue weighted by Gasteiger charge is -2.38. The largest absolute Gasteiger partial charge is 0.293 e. The number of ketones is 1. The Morgan fingerprint density at radius 3 is 2.67 bits per heavy atom. The minimum absolute atomic E-state index is 0.104. The number of carbonyl (C=O) groups excluding carboxylic acids is 1. The lowest BCUT2D eigenvalue weighted by atomic mass is 9.63. The molecule has 146 valence electrons. The lowest BCUT2D eigenvalue weighted by molar-refractivity contribution is 0.0920. The predicted octanol–water partition coefficient (Wildman–Crippen LogP) is 5.56. The third kappa shape index (κ3) is 2.23. The van der Waals surface area contributed by atoms with Crippen LogP contribution in [0.2, 0.25) is 0 Å². The Hall–Kier alpha value is -3.33. The molecule has 0 aliphatic heterocycles. The Morgan fingerprint density at radius 2 is 1.77 bits per heavy atom. The van der Waals surface area contributed by atoms with Crippen LogP contribution in [0, 0.1) is 0 Å².